The molecular formula is C30H39N5O5S. The second kappa shape index (κ2) is 13.8. The van der Waals surface area contributed by atoms with Crippen LogP contribution in [0.1, 0.15) is 50.7 Å². The maximum atomic E-state index is 13.7. The summed E-state index contributed by atoms with van der Waals surface area (Å²) in [5.74, 6) is -2.34. The van der Waals surface area contributed by atoms with E-state index in [2.05, 4.69) is 27.5 Å². The molecule has 1 aliphatic heterocycles. The zero-order valence-corrected chi connectivity index (χ0v) is 24.9. The monoisotopic (exact) mass is 581 g/mol. The molecule has 1 saturated heterocycles. The number of carbonyl (C=O) groups excluding carboxylic acids is 4. The minimum Gasteiger partial charge on any atom is -0.381 e. The zero-order chi connectivity index (χ0) is 30.3. The summed E-state index contributed by atoms with van der Waals surface area (Å²) >= 11 is 1.25. The fourth-order valence-corrected chi connectivity index (χ4v) is 5.34. The summed E-state index contributed by atoms with van der Waals surface area (Å²) in [6.45, 7) is 13.0. The molecular weight excluding hydrogens is 542 g/mol. The minimum atomic E-state index is -1.67. The van der Waals surface area contributed by atoms with Crippen molar-refractivity contribution in [3.63, 3.8) is 0 Å². The predicted molar refractivity (Wildman–Crippen MR) is 159 cm³/mol. The van der Waals surface area contributed by atoms with Crippen molar-refractivity contribution in [3.8, 4) is 0 Å². The van der Waals surface area contributed by atoms with Gasteiger partial charge < -0.3 is 26.0 Å². The number of hydrogen-bond acceptors (Lipinski definition) is 7. The molecule has 0 saturated carbocycles. The topological polar surface area (TPSA) is 141 Å². The second-order valence-corrected chi connectivity index (χ2v) is 12.4. The van der Waals surface area contributed by atoms with Crippen LogP contribution in [0.15, 0.2) is 66.2 Å². The Labute approximate surface area is 245 Å². The lowest BCUT2D eigenvalue weighted by atomic mass is 9.97. The van der Waals surface area contributed by atoms with E-state index in [4.69, 9.17) is 0 Å². The molecule has 2 heterocycles. The molecule has 0 unspecified atom stereocenters. The van der Waals surface area contributed by atoms with Crippen LogP contribution in [0.25, 0.3) is 0 Å². The van der Waals surface area contributed by atoms with Gasteiger partial charge in [0.1, 0.15) is 17.8 Å². The van der Waals surface area contributed by atoms with Crippen LogP contribution < -0.4 is 16.0 Å². The molecule has 220 valence electrons. The van der Waals surface area contributed by atoms with Gasteiger partial charge in [-0.3, -0.25) is 24.2 Å². The first kappa shape index (κ1) is 31.8. The molecule has 1 fully saturated rings. The van der Waals surface area contributed by atoms with Crippen LogP contribution in [0.4, 0.5) is 0 Å². The van der Waals surface area contributed by atoms with Crippen molar-refractivity contribution in [1.29, 1.82) is 0 Å². The molecule has 11 heteroatoms. The average molecular weight is 582 g/mol. The van der Waals surface area contributed by atoms with E-state index in [9.17, 15) is 24.3 Å². The number of carbonyl (C=O) groups is 4. The van der Waals surface area contributed by atoms with E-state index < -0.39 is 53.4 Å². The van der Waals surface area contributed by atoms with Crippen molar-refractivity contribution in [1.82, 2.24) is 25.8 Å². The lowest BCUT2D eigenvalue weighted by Gasteiger charge is -2.32. The molecule has 1 aromatic heterocycles. The first-order chi connectivity index (χ1) is 19.3. The summed E-state index contributed by atoms with van der Waals surface area (Å²) in [5, 5.41) is 19.8. The molecule has 2 aromatic rings. The second-order valence-electron chi connectivity index (χ2n) is 11.3. The van der Waals surface area contributed by atoms with Crippen LogP contribution in [0.3, 0.4) is 0 Å². The summed E-state index contributed by atoms with van der Waals surface area (Å²) in [4.78, 5) is 58.8. The smallest absolute Gasteiger partial charge is 0.270 e. The van der Waals surface area contributed by atoms with Gasteiger partial charge in [0.15, 0.2) is 6.10 Å². The highest BCUT2D eigenvalue weighted by Gasteiger charge is 2.43. The van der Waals surface area contributed by atoms with E-state index in [1.54, 1.807) is 32.0 Å². The SMILES string of the molecule is C=C1SCN(C(=O)[C@@H](O)[C@H](Cc2ccccc2)NC(=O)[C@@H](NC(=O)c2ccccn2)C(C)C)[C@@H]1C(=O)NC(C)(C)C. The third kappa shape index (κ3) is 8.64. The first-order valence-corrected chi connectivity index (χ1v) is 14.5. The number of thioether (sulfide) groups is 1. The molecule has 41 heavy (non-hydrogen) atoms. The van der Waals surface area contributed by atoms with Gasteiger partial charge in [-0.2, -0.15) is 0 Å². The molecule has 4 amide bonds. The third-order valence-corrected chi connectivity index (χ3v) is 7.43. The average Bonchev–Trinajstić information content (AvgIpc) is 3.31. The standard InChI is InChI=1S/C30H39N5O5S/c1-18(2)23(33-26(37)21-14-10-11-15-31-21)27(38)32-22(16-20-12-8-7-9-13-20)25(36)29(40)35-17-41-19(3)24(35)28(39)34-30(4,5)6/h7-15,18,22-25,36H,3,16-17H2,1-2,4-6H3,(H,32,38)(H,33,37)(H,34,39)/t22-,23-,24-,25-/m0/s1. The maximum absolute atomic E-state index is 13.7. The van der Waals surface area contributed by atoms with E-state index in [0.717, 1.165) is 5.56 Å². The molecule has 0 radical (unpaired) electrons. The van der Waals surface area contributed by atoms with Gasteiger partial charge in [0.2, 0.25) is 11.8 Å². The Hall–Kier alpha value is -3.70. The maximum Gasteiger partial charge on any atom is 0.270 e. The van der Waals surface area contributed by atoms with E-state index in [-0.39, 0.29) is 23.9 Å². The highest BCUT2D eigenvalue weighted by atomic mass is 32.2. The van der Waals surface area contributed by atoms with Crippen LogP contribution in [-0.2, 0) is 20.8 Å². The minimum absolute atomic E-state index is 0.137. The summed E-state index contributed by atoms with van der Waals surface area (Å²) in [6.07, 6.45) is -0.0495. The fraction of sp³-hybridized carbons (Fsp3) is 0.433. The number of aromatic nitrogens is 1. The molecule has 3 rings (SSSR count). The number of benzene rings is 1. The number of pyridine rings is 1. The van der Waals surface area contributed by atoms with Crippen molar-refractivity contribution < 1.29 is 24.3 Å². The number of rotatable bonds is 10. The first-order valence-electron chi connectivity index (χ1n) is 13.5. The van der Waals surface area contributed by atoms with Crippen LogP contribution in [-0.4, -0.2) is 74.3 Å². The van der Waals surface area contributed by atoms with Crippen molar-refractivity contribution in [2.75, 3.05) is 5.88 Å². The van der Waals surface area contributed by atoms with Crippen molar-refractivity contribution in [3.05, 3.63) is 77.5 Å². The van der Waals surface area contributed by atoms with Gasteiger partial charge in [0.25, 0.3) is 11.8 Å². The molecule has 4 atom stereocenters. The fourth-order valence-electron chi connectivity index (χ4n) is 4.37. The molecule has 0 aliphatic carbocycles. The van der Waals surface area contributed by atoms with Crippen LogP contribution in [0.5, 0.6) is 0 Å². The Morgan fingerprint density at radius 1 is 1.07 bits per heavy atom. The van der Waals surface area contributed by atoms with E-state index >= 15 is 0 Å². The van der Waals surface area contributed by atoms with Gasteiger partial charge >= 0.3 is 0 Å². The third-order valence-electron chi connectivity index (χ3n) is 6.43. The molecule has 0 spiro atoms. The Bertz CT molecular complexity index is 1250. The normalized spacial score (nSPS) is 17.5. The number of aliphatic hydroxyl groups is 1. The number of nitrogens with one attached hydrogen (secondary N) is 3. The van der Waals surface area contributed by atoms with E-state index in [1.807, 2.05) is 51.1 Å². The number of nitrogens with zero attached hydrogens (tertiary/aromatic N) is 2. The summed E-state index contributed by atoms with van der Waals surface area (Å²) in [7, 11) is 0. The summed E-state index contributed by atoms with van der Waals surface area (Å²) in [5.41, 5.74) is 0.409. The molecule has 4 N–H and O–H groups in total. The van der Waals surface area contributed by atoms with Gasteiger partial charge in [-0.05, 0) is 50.8 Å². The Morgan fingerprint density at radius 3 is 2.32 bits per heavy atom. The highest BCUT2D eigenvalue weighted by molar-refractivity contribution is 8.03. The van der Waals surface area contributed by atoms with Crippen LogP contribution >= 0.6 is 11.8 Å². The lowest BCUT2D eigenvalue weighted by molar-refractivity contribution is -0.146. The zero-order valence-electron chi connectivity index (χ0n) is 24.1. The van der Waals surface area contributed by atoms with Gasteiger partial charge in [-0.25, -0.2) is 0 Å². The van der Waals surface area contributed by atoms with Gasteiger partial charge in [-0.15, -0.1) is 11.8 Å². The van der Waals surface area contributed by atoms with Crippen LogP contribution in [0.2, 0.25) is 0 Å². The van der Waals surface area contributed by atoms with Crippen molar-refractivity contribution in [2.45, 2.75) is 70.8 Å². The Balaban J connectivity index is 1.84. The van der Waals surface area contributed by atoms with E-state index in [1.165, 1.54) is 22.9 Å². The van der Waals surface area contributed by atoms with Crippen molar-refractivity contribution in [2.24, 2.45) is 5.92 Å². The molecule has 1 aliphatic rings. The highest BCUT2D eigenvalue weighted by Crippen LogP contribution is 2.33. The molecule has 10 nitrogen and oxygen atoms in total. The molecule has 1 aromatic carbocycles. The van der Waals surface area contributed by atoms with Gasteiger partial charge in [0, 0.05) is 16.6 Å². The summed E-state index contributed by atoms with van der Waals surface area (Å²) < 4.78 is 0. The van der Waals surface area contributed by atoms with Gasteiger partial charge in [0.05, 0.1) is 11.9 Å². The van der Waals surface area contributed by atoms with Crippen molar-refractivity contribution >= 4 is 35.4 Å². The number of hydrogen-bond donors (Lipinski definition) is 4. The largest absolute Gasteiger partial charge is 0.381 e. The Kier molecular flexibility index (Phi) is 10.7. The number of amides is 4. The number of aliphatic hydroxyl groups excluding tert-OH is 1. The quantitative estimate of drug-likeness (QED) is 0.337. The summed E-state index contributed by atoms with van der Waals surface area (Å²) in [6, 6.07) is 11.1. The molecule has 0 bridgehead atoms. The van der Waals surface area contributed by atoms with Crippen LogP contribution in [0, 0.1) is 5.92 Å². The van der Waals surface area contributed by atoms with Gasteiger partial charge in [-0.1, -0.05) is 56.8 Å². The lowest BCUT2D eigenvalue weighted by Crippen LogP contribution is -2.59. The van der Waals surface area contributed by atoms with E-state index in [0.29, 0.717) is 4.91 Å². The predicted octanol–water partition coefficient (Wildman–Crippen LogP) is 2.25. The Morgan fingerprint density at radius 2 is 1.73 bits per heavy atom.